The van der Waals surface area contributed by atoms with Gasteiger partial charge in [-0.3, -0.25) is 0 Å². The largest absolute Gasteiger partial charge is 0.0885 e. The fraction of sp³-hybridized carbons (Fsp3) is 0.889. The molecule has 0 saturated heterocycles. The van der Waals surface area contributed by atoms with Crippen molar-refractivity contribution >= 4 is 0 Å². The molecule has 0 aromatic carbocycles. The maximum atomic E-state index is 2.41. The van der Waals surface area contributed by atoms with Gasteiger partial charge in [-0.25, -0.2) is 0 Å². The van der Waals surface area contributed by atoms with Crippen LogP contribution in [0.3, 0.4) is 0 Å². The van der Waals surface area contributed by atoms with Gasteiger partial charge in [0, 0.05) is 0 Å². The normalized spacial score (nSPS) is 11.8. The van der Waals surface area contributed by atoms with E-state index in [1.54, 1.807) is 0 Å². The Labute approximate surface area is 116 Å². The van der Waals surface area contributed by atoms with Crippen molar-refractivity contribution in [2.24, 2.45) is 5.92 Å². The van der Waals surface area contributed by atoms with Crippen LogP contribution < -0.4 is 0 Å². The smallest absolute Gasteiger partial charge is 0.0351 e. The summed E-state index contributed by atoms with van der Waals surface area (Å²) in [6.45, 7) is 6.92. The van der Waals surface area contributed by atoms with E-state index in [9.17, 15) is 0 Å². The van der Waals surface area contributed by atoms with Crippen LogP contribution in [0.5, 0.6) is 0 Å². The van der Waals surface area contributed by atoms with E-state index in [-0.39, 0.29) is 0 Å². The molecule has 0 spiro atoms. The lowest BCUT2D eigenvalue weighted by atomic mass is 10.0. The average molecular weight is 252 g/mol. The predicted octanol–water partition coefficient (Wildman–Crippen LogP) is 6.90. The quantitative estimate of drug-likeness (QED) is 0.247. The van der Waals surface area contributed by atoms with Crippen molar-refractivity contribution in [3.63, 3.8) is 0 Å². The van der Waals surface area contributed by atoms with Gasteiger partial charge in [0.2, 0.25) is 0 Å². The summed E-state index contributed by atoms with van der Waals surface area (Å²) in [6, 6.07) is 0. The van der Waals surface area contributed by atoms with E-state index >= 15 is 0 Å². The van der Waals surface area contributed by atoms with Crippen molar-refractivity contribution in [3.05, 3.63) is 12.2 Å². The number of hydrogen-bond donors (Lipinski definition) is 0. The number of allylic oxidation sites excluding steroid dienone is 2. The molecule has 0 saturated carbocycles. The van der Waals surface area contributed by atoms with Crippen LogP contribution in [0, 0.1) is 5.92 Å². The molecule has 0 aliphatic carbocycles. The Hall–Kier alpha value is -0.260. The van der Waals surface area contributed by atoms with Gasteiger partial charge in [-0.05, 0) is 31.6 Å². The van der Waals surface area contributed by atoms with Gasteiger partial charge < -0.3 is 0 Å². The minimum absolute atomic E-state index is 0.887. The highest BCUT2D eigenvalue weighted by molar-refractivity contribution is 4.81. The molecule has 0 aromatic heterocycles. The van der Waals surface area contributed by atoms with Gasteiger partial charge in [-0.2, -0.15) is 0 Å². The van der Waals surface area contributed by atoms with E-state index in [0.717, 1.165) is 5.92 Å². The monoisotopic (exact) mass is 252 g/mol. The van der Waals surface area contributed by atoms with Gasteiger partial charge in [0.05, 0.1) is 0 Å². The summed E-state index contributed by atoms with van der Waals surface area (Å²) in [4.78, 5) is 0. The van der Waals surface area contributed by atoms with Crippen LogP contribution >= 0.6 is 0 Å². The van der Waals surface area contributed by atoms with Gasteiger partial charge >= 0.3 is 0 Å². The summed E-state index contributed by atoms with van der Waals surface area (Å²) >= 11 is 0. The topological polar surface area (TPSA) is 0 Å². The Balaban J connectivity index is 3.04. The van der Waals surface area contributed by atoms with Crippen LogP contribution in [-0.4, -0.2) is 0 Å². The zero-order chi connectivity index (χ0) is 13.5. The van der Waals surface area contributed by atoms with E-state index in [4.69, 9.17) is 0 Å². The van der Waals surface area contributed by atoms with E-state index in [1.807, 2.05) is 0 Å². The lowest BCUT2D eigenvalue weighted by Crippen LogP contribution is -1.86. The Morgan fingerprint density at radius 1 is 0.667 bits per heavy atom. The zero-order valence-corrected chi connectivity index (χ0v) is 13.2. The summed E-state index contributed by atoms with van der Waals surface area (Å²) in [6.07, 6.45) is 21.5. The highest BCUT2D eigenvalue weighted by Gasteiger charge is 1.93. The molecular formula is C18H36. The Kier molecular flexibility index (Phi) is 14.6. The third kappa shape index (κ3) is 15.7. The molecule has 0 amide bonds. The Morgan fingerprint density at radius 2 is 1.17 bits per heavy atom. The molecule has 0 nitrogen and oxygen atoms in total. The molecule has 0 heterocycles. The van der Waals surface area contributed by atoms with Crippen LogP contribution in [0.25, 0.3) is 0 Å². The van der Waals surface area contributed by atoms with Crippen molar-refractivity contribution in [3.8, 4) is 0 Å². The van der Waals surface area contributed by atoms with Gasteiger partial charge in [0.1, 0.15) is 0 Å². The molecule has 108 valence electrons. The molecule has 0 heteroatoms. The molecule has 0 aromatic rings. The van der Waals surface area contributed by atoms with Crippen LogP contribution in [0.4, 0.5) is 0 Å². The SMILES string of the molecule is CCCCCCC/C=C\CCCCCCC(C)C. The molecule has 0 aliphatic heterocycles. The molecule has 0 atom stereocenters. The zero-order valence-electron chi connectivity index (χ0n) is 13.2. The molecule has 0 unspecified atom stereocenters. The van der Waals surface area contributed by atoms with Gasteiger partial charge in [0.25, 0.3) is 0 Å². The number of rotatable bonds is 13. The maximum absolute atomic E-state index is 2.41. The van der Waals surface area contributed by atoms with Gasteiger partial charge in [-0.1, -0.05) is 84.3 Å². The minimum atomic E-state index is 0.887. The molecular weight excluding hydrogens is 216 g/mol. The lowest BCUT2D eigenvalue weighted by Gasteiger charge is -2.03. The third-order valence-electron chi connectivity index (χ3n) is 3.54. The number of hydrogen-bond acceptors (Lipinski definition) is 0. The highest BCUT2D eigenvalue weighted by atomic mass is 14.0. The second kappa shape index (κ2) is 14.8. The van der Waals surface area contributed by atoms with Gasteiger partial charge in [-0.15, -0.1) is 0 Å². The minimum Gasteiger partial charge on any atom is -0.0885 e. The maximum Gasteiger partial charge on any atom is -0.0351 e. The highest BCUT2D eigenvalue weighted by Crippen LogP contribution is 2.11. The summed E-state index contributed by atoms with van der Waals surface area (Å²) in [7, 11) is 0. The molecule has 0 radical (unpaired) electrons. The van der Waals surface area contributed by atoms with Crippen LogP contribution in [0.1, 0.15) is 97.8 Å². The fourth-order valence-corrected chi connectivity index (χ4v) is 2.27. The van der Waals surface area contributed by atoms with Crippen molar-refractivity contribution in [2.45, 2.75) is 97.8 Å². The first-order valence-electron chi connectivity index (χ1n) is 8.42. The molecule has 0 bridgehead atoms. The first kappa shape index (κ1) is 17.7. The Morgan fingerprint density at radius 3 is 1.67 bits per heavy atom. The van der Waals surface area contributed by atoms with E-state index in [1.165, 1.54) is 77.0 Å². The van der Waals surface area contributed by atoms with Gasteiger partial charge in [0.15, 0.2) is 0 Å². The summed E-state index contributed by atoms with van der Waals surface area (Å²) < 4.78 is 0. The molecule has 0 fully saturated rings. The van der Waals surface area contributed by atoms with Crippen molar-refractivity contribution in [1.29, 1.82) is 0 Å². The standard InChI is InChI=1S/C18H36/c1-4-5-6-7-8-9-10-11-12-13-14-15-16-17-18(2)3/h10-11,18H,4-9,12-17H2,1-3H3/b11-10-. The van der Waals surface area contributed by atoms with Crippen molar-refractivity contribution in [1.82, 2.24) is 0 Å². The fourth-order valence-electron chi connectivity index (χ4n) is 2.27. The van der Waals surface area contributed by atoms with E-state index in [0.29, 0.717) is 0 Å². The Bertz CT molecular complexity index is 167. The lowest BCUT2D eigenvalue weighted by molar-refractivity contribution is 0.521. The molecule has 18 heavy (non-hydrogen) atoms. The predicted molar refractivity (Wildman–Crippen MR) is 85.1 cm³/mol. The molecule has 0 N–H and O–H groups in total. The molecule has 0 rings (SSSR count). The summed E-state index contributed by atoms with van der Waals surface area (Å²) in [5, 5.41) is 0. The second-order valence-electron chi connectivity index (χ2n) is 6.06. The second-order valence-corrected chi connectivity index (χ2v) is 6.06. The average Bonchev–Trinajstić information content (AvgIpc) is 2.34. The van der Waals surface area contributed by atoms with Crippen molar-refractivity contribution < 1.29 is 0 Å². The first-order valence-corrected chi connectivity index (χ1v) is 8.42. The van der Waals surface area contributed by atoms with Crippen LogP contribution in [0.2, 0.25) is 0 Å². The van der Waals surface area contributed by atoms with E-state index < -0.39 is 0 Å². The third-order valence-corrected chi connectivity index (χ3v) is 3.54. The van der Waals surface area contributed by atoms with E-state index in [2.05, 4.69) is 32.9 Å². The van der Waals surface area contributed by atoms with Crippen molar-refractivity contribution in [2.75, 3.05) is 0 Å². The van der Waals surface area contributed by atoms with Crippen LogP contribution in [-0.2, 0) is 0 Å². The summed E-state index contributed by atoms with van der Waals surface area (Å²) in [5.74, 6) is 0.887. The summed E-state index contributed by atoms with van der Waals surface area (Å²) in [5.41, 5.74) is 0. The van der Waals surface area contributed by atoms with Crippen LogP contribution in [0.15, 0.2) is 12.2 Å². The first-order chi connectivity index (χ1) is 8.77. The molecule has 0 aliphatic rings. The number of unbranched alkanes of at least 4 members (excludes halogenated alkanes) is 9.